The molecule has 3 heteroatoms. The summed E-state index contributed by atoms with van der Waals surface area (Å²) in [5.74, 6) is 3.94. The largest absolute Gasteiger partial charge is 0.163 e. The quantitative estimate of drug-likeness (QED) is 0.573. The zero-order chi connectivity index (χ0) is 9.23. The summed E-state index contributed by atoms with van der Waals surface area (Å²) in [6, 6.07) is 0. The molecular formula is C9H20S3. The van der Waals surface area contributed by atoms with Gasteiger partial charge in [-0.1, -0.05) is 13.8 Å². The summed E-state index contributed by atoms with van der Waals surface area (Å²) in [4.78, 5) is 0. The van der Waals surface area contributed by atoms with E-state index in [0.29, 0.717) is 0 Å². The van der Waals surface area contributed by atoms with E-state index in [4.69, 9.17) is 0 Å². The predicted molar refractivity (Wildman–Crippen MR) is 67.7 cm³/mol. The van der Waals surface area contributed by atoms with Gasteiger partial charge in [-0.15, -0.1) is 23.5 Å². The molecule has 0 amide bonds. The average Bonchev–Trinajstić information content (AvgIpc) is 2.10. The summed E-state index contributed by atoms with van der Waals surface area (Å²) in [7, 11) is 0. The lowest BCUT2D eigenvalue weighted by Gasteiger charge is -2.13. The highest BCUT2D eigenvalue weighted by molar-refractivity contribution is 8.18. The Balaban J connectivity index is 3.40. The van der Waals surface area contributed by atoms with Crippen LogP contribution in [0.4, 0.5) is 0 Å². The molecule has 0 fully saturated rings. The van der Waals surface area contributed by atoms with Crippen LogP contribution in [0.2, 0.25) is 0 Å². The van der Waals surface area contributed by atoms with Gasteiger partial charge in [0.15, 0.2) is 0 Å². The summed E-state index contributed by atoms with van der Waals surface area (Å²) >= 11 is 6.23. The Labute approximate surface area is 90.0 Å². The van der Waals surface area contributed by atoms with Gasteiger partial charge in [0.1, 0.15) is 0 Å². The minimum Gasteiger partial charge on any atom is -0.163 e. The maximum absolute atomic E-state index is 2.26. The van der Waals surface area contributed by atoms with Crippen molar-refractivity contribution in [2.24, 2.45) is 0 Å². The number of rotatable bonds is 8. The lowest BCUT2D eigenvalue weighted by atomic mass is 10.6. The number of hydrogen-bond acceptors (Lipinski definition) is 3. The van der Waals surface area contributed by atoms with Gasteiger partial charge < -0.3 is 0 Å². The van der Waals surface area contributed by atoms with Crippen molar-refractivity contribution >= 4 is 35.3 Å². The van der Waals surface area contributed by atoms with Crippen molar-refractivity contribution in [3.05, 3.63) is 0 Å². The zero-order valence-electron chi connectivity index (χ0n) is 8.34. The molecule has 0 aromatic heterocycles. The van der Waals surface area contributed by atoms with Gasteiger partial charge in [-0.3, -0.25) is 0 Å². The highest BCUT2D eigenvalue weighted by Gasteiger charge is 2.06. The van der Waals surface area contributed by atoms with Crippen LogP contribution in [0.25, 0.3) is 0 Å². The highest BCUT2D eigenvalue weighted by atomic mass is 32.2. The van der Waals surface area contributed by atoms with Gasteiger partial charge in [0, 0.05) is 5.75 Å². The minimum absolute atomic E-state index is 0.833. The first-order valence-electron chi connectivity index (χ1n) is 4.57. The van der Waals surface area contributed by atoms with Crippen molar-refractivity contribution < 1.29 is 0 Å². The summed E-state index contributed by atoms with van der Waals surface area (Å²) < 4.78 is 0.833. The molecule has 0 saturated heterocycles. The third-order valence-electron chi connectivity index (χ3n) is 1.32. The van der Waals surface area contributed by atoms with Crippen LogP contribution >= 0.6 is 35.3 Å². The van der Waals surface area contributed by atoms with Crippen molar-refractivity contribution in [1.82, 2.24) is 0 Å². The molecule has 0 aliphatic rings. The Bertz CT molecular complexity index is 77.8. The van der Waals surface area contributed by atoms with E-state index in [1.54, 1.807) is 0 Å². The maximum Gasteiger partial charge on any atom is 0.0592 e. The molecule has 0 N–H and O–H groups in total. The van der Waals surface area contributed by atoms with Crippen LogP contribution in [0, 0.1) is 0 Å². The van der Waals surface area contributed by atoms with Crippen LogP contribution in [0.15, 0.2) is 0 Å². The molecule has 0 heterocycles. The lowest BCUT2D eigenvalue weighted by molar-refractivity contribution is 1.10. The van der Waals surface area contributed by atoms with E-state index in [1.807, 2.05) is 11.8 Å². The molecule has 12 heavy (non-hydrogen) atoms. The average molecular weight is 224 g/mol. The third-order valence-corrected chi connectivity index (χ3v) is 5.59. The Morgan fingerprint density at radius 3 is 1.83 bits per heavy atom. The molecule has 0 aromatic rings. The first-order valence-corrected chi connectivity index (χ1v) is 8.06. The topological polar surface area (TPSA) is 0 Å². The Kier molecular flexibility index (Phi) is 11.0. The molecule has 0 spiro atoms. The lowest BCUT2D eigenvalue weighted by Crippen LogP contribution is -2.02. The molecule has 74 valence electrons. The van der Waals surface area contributed by atoms with Gasteiger partial charge in [0.2, 0.25) is 0 Å². The van der Waals surface area contributed by atoms with Gasteiger partial charge in [-0.2, -0.15) is 11.8 Å². The predicted octanol–water partition coefficient (Wildman–Crippen LogP) is 3.96. The Morgan fingerprint density at radius 1 is 1.00 bits per heavy atom. The van der Waals surface area contributed by atoms with Crippen molar-refractivity contribution in [3.63, 3.8) is 0 Å². The SMILES string of the molecule is CCCSC(CSC)SCCC. The fraction of sp³-hybridized carbons (Fsp3) is 1.00. The van der Waals surface area contributed by atoms with Crippen LogP contribution in [0.5, 0.6) is 0 Å². The van der Waals surface area contributed by atoms with Crippen molar-refractivity contribution in [2.75, 3.05) is 23.5 Å². The second kappa shape index (κ2) is 10.1. The van der Waals surface area contributed by atoms with Gasteiger partial charge in [0.05, 0.1) is 4.58 Å². The van der Waals surface area contributed by atoms with E-state index in [-0.39, 0.29) is 0 Å². The number of thioether (sulfide) groups is 3. The van der Waals surface area contributed by atoms with Crippen LogP contribution in [-0.2, 0) is 0 Å². The van der Waals surface area contributed by atoms with Crippen molar-refractivity contribution in [1.29, 1.82) is 0 Å². The van der Waals surface area contributed by atoms with Crippen molar-refractivity contribution in [2.45, 2.75) is 31.3 Å². The summed E-state index contributed by atoms with van der Waals surface area (Å²) in [5, 5.41) is 0. The Morgan fingerprint density at radius 2 is 1.50 bits per heavy atom. The fourth-order valence-electron chi connectivity index (χ4n) is 0.779. The minimum atomic E-state index is 0.833. The molecule has 0 aliphatic heterocycles. The molecule has 0 radical (unpaired) electrons. The molecule has 0 aliphatic carbocycles. The maximum atomic E-state index is 2.26. The van der Waals surface area contributed by atoms with E-state index < -0.39 is 0 Å². The van der Waals surface area contributed by atoms with Gasteiger partial charge >= 0.3 is 0 Å². The normalized spacial score (nSPS) is 11.0. The van der Waals surface area contributed by atoms with Gasteiger partial charge in [-0.25, -0.2) is 0 Å². The van der Waals surface area contributed by atoms with Gasteiger partial charge in [0.25, 0.3) is 0 Å². The third kappa shape index (κ3) is 7.69. The van der Waals surface area contributed by atoms with E-state index >= 15 is 0 Å². The van der Waals surface area contributed by atoms with E-state index in [1.165, 1.54) is 30.1 Å². The van der Waals surface area contributed by atoms with E-state index in [9.17, 15) is 0 Å². The van der Waals surface area contributed by atoms with Gasteiger partial charge in [-0.05, 0) is 30.6 Å². The Hall–Kier alpha value is 1.05. The molecular weight excluding hydrogens is 204 g/mol. The molecule has 0 nitrogen and oxygen atoms in total. The highest BCUT2D eigenvalue weighted by Crippen LogP contribution is 2.27. The molecule has 0 atom stereocenters. The van der Waals surface area contributed by atoms with E-state index in [0.717, 1.165) is 4.58 Å². The van der Waals surface area contributed by atoms with Crippen LogP contribution in [0.1, 0.15) is 26.7 Å². The summed E-state index contributed by atoms with van der Waals surface area (Å²) in [5.41, 5.74) is 0. The standard InChI is InChI=1S/C9H20S3/c1-4-6-11-9(8-10-3)12-7-5-2/h9H,4-8H2,1-3H3. The van der Waals surface area contributed by atoms with Crippen LogP contribution in [0.3, 0.4) is 0 Å². The second-order valence-electron chi connectivity index (χ2n) is 2.63. The molecule has 0 aromatic carbocycles. The molecule has 0 rings (SSSR count). The first-order chi connectivity index (χ1) is 5.85. The fourth-order valence-corrected chi connectivity index (χ4v) is 4.60. The zero-order valence-corrected chi connectivity index (χ0v) is 10.8. The molecule has 0 bridgehead atoms. The van der Waals surface area contributed by atoms with Crippen LogP contribution in [-0.4, -0.2) is 28.1 Å². The summed E-state index contributed by atoms with van der Waals surface area (Å²) in [6.45, 7) is 4.52. The number of hydrogen-bond donors (Lipinski definition) is 0. The van der Waals surface area contributed by atoms with Crippen LogP contribution < -0.4 is 0 Å². The molecule has 0 saturated carbocycles. The smallest absolute Gasteiger partial charge is 0.0592 e. The summed E-state index contributed by atoms with van der Waals surface area (Å²) in [6.07, 6.45) is 4.82. The monoisotopic (exact) mass is 224 g/mol. The van der Waals surface area contributed by atoms with Crippen molar-refractivity contribution in [3.8, 4) is 0 Å². The van der Waals surface area contributed by atoms with E-state index in [2.05, 4.69) is 43.6 Å². The molecule has 0 unspecified atom stereocenters. The second-order valence-corrected chi connectivity index (χ2v) is 6.46. The first kappa shape index (κ1) is 13.1.